The summed E-state index contributed by atoms with van der Waals surface area (Å²) < 4.78 is 70.0. The fourth-order valence-corrected chi connectivity index (χ4v) is 5.81. The van der Waals surface area contributed by atoms with Crippen LogP contribution in [-0.2, 0) is 34.0 Å². The highest BCUT2D eigenvalue weighted by atomic mass is 32.2. The molecule has 7 nitrogen and oxygen atoms in total. The molecule has 0 spiro atoms. The molecular formula is C19H22F3N3O4S2. The summed E-state index contributed by atoms with van der Waals surface area (Å²) in [4.78, 5) is 14.3. The number of carbonyl (C=O) groups is 1. The van der Waals surface area contributed by atoms with Crippen LogP contribution in [0.3, 0.4) is 0 Å². The molecule has 12 heteroatoms. The summed E-state index contributed by atoms with van der Waals surface area (Å²) >= 11 is 1.08. The van der Waals surface area contributed by atoms with E-state index in [1.165, 1.54) is 34.5 Å². The van der Waals surface area contributed by atoms with E-state index in [1.807, 2.05) is 0 Å². The zero-order chi connectivity index (χ0) is 22.6. The van der Waals surface area contributed by atoms with E-state index >= 15 is 0 Å². The number of rotatable bonds is 6. The minimum absolute atomic E-state index is 0.130. The molecule has 0 atom stereocenters. The van der Waals surface area contributed by atoms with Crippen LogP contribution >= 0.6 is 11.3 Å². The first-order valence-corrected chi connectivity index (χ1v) is 11.6. The monoisotopic (exact) mass is 477 g/mol. The summed E-state index contributed by atoms with van der Waals surface area (Å²) in [6.07, 6.45) is -4.41. The van der Waals surface area contributed by atoms with Crippen molar-refractivity contribution in [3.05, 3.63) is 52.4 Å². The van der Waals surface area contributed by atoms with E-state index < -0.39 is 27.8 Å². The summed E-state index contributed by atoms with van der Waals surface area (Å²) in [6.45, 7) is 1.60. The number of hydrogen-bond donors (Lipinski definition) is 1. The van der Waals surface area contributed by atoms with Crippen molar-refractivity contribution in [3.63, 3.8) is 0 Å². The molecule has 2 heterocycles. The Kier molecular flexibility index (Phi) is 7.24. The van der Waals surface area contributed by atoms with E-state index in [9.17, 15) is 26.4 Å². The fraction of sp³-hybridized carbons (Fsp3) is 0.421. The van der Waals surface area contributed by atoms with Gasteiger partial charge in [-0.1, -0.05) is 12.1 Å². The van der Waals surface area contributed by atoms with Crippen LogP contribution in [-0.4, -0.2) is 57.0 Å². The number of hydrogen-bond acceptors (Lipinski definition) is 5. The van der Waals surface area contributed by atoms with Crippen molar-refractivity contribution in [2.24, 2.45) is 0 Å². The summed E-state index contributed by atoms with van der Waals surface area (Å²) in [6, 6.07) is 7.35. The van der Waals surface area contributed by atoms with Crippen LogP contribution in [0.15, 0.2) is 40.6 Å². The second-order valence-corrected chi connectivity index (χ2v) is 10.3. The molecule has 170 valence electrons. The number of urea groups is 1. The van der Waals surface area contributed by atoms with Crippen molar-refractivity contribution in [2.75, 3.05) is 33.4 Å². The molecule has 31 heavy (non-hydrogen) atoms. The minimum atomic E-state index is -4.41. The lowest BCUT2D eigenvalue weighted by atomic mass is 10.1. The lowest BCUT2D eigenvalue weighted by Gasteiger charge is -2.25. The number of nitrogens with one attached hydrogen (secondary N) is 1. The number of morpholine rings is 1. The quantitative estimate of drug-likeness (QED) is 0.694. The second-order valence-electron chi connectivity index (χ2n) is 6.95. The highest BCUT2D eigenvalue weighted by Gasteiger charge is 2.30. The Morgan fingerprint density at radius 1 is 1.16 bits per heavy atom. The number of alkyl halides is 3. The van der Waals surface area contributed by atoms with Crippen molar-refractivity contribution < 1.29 is 31.1 Å². The molecule has 0 radical (unpaired) electrons. The Hall–Kier alpha value is -2.15. The van der Waals surface area contributed by atoms with Crippen molar-refractivity contribution in [1.82, 2.24) is 14.5 Å². The number of sulfonamides is 1. The van der Waals surface area contributed by atoms with Gasteiger partial charge in [-0.2, -0.15) is 17.5 Å². The molecule has 1 fully saturated rings. The first-order valence-electron chi connectivity index (χ1n) is 9.39. The number of nitrogens with zero attached hydrogens (tertiary/aromatic N) is 2. The Labute approximate surface area is 182 Å². The molecule has 0 aliphatic carbocycles. The molecule has 1 aromatic carbocycles. The third kappa shape index (κ3) is 5.97. The molecule has 1 saturated heterocycles. The first-order chi connectivity index (χ1) is 14.6. The summed E-state index contributed by atoms with van der Waals surface area (Å²) in [7, 11) is -2.06. The smallest absolute Gasteiger partial charge is 0.379 e. The predicted octanol–water partition coefficient (Wildman–Crippen LogP) is 3.13. The average molecular weight is 478 g/mol. The predicted molar refractivity (Wildman–Crippen MR) is 109 cm³/mol. The molecule has 0 bridgehead atoms. The van der Waals surface area contributed by atoms with Crippen molar-refractivity contribution in [2.45, 2.75) is 23.5 Å². The molecule has 1 N–H and O–H groups in total. The SMILES string of the molecule is CN(Cc1ccc(C(F)(F)F)cc1)C(=O)NCc1ccc(S(=O)(=O)N2CCOCC2)s1. The lowest BCUT2D eigenvalue weighted by Crippen LogP contribution is -2.40. The van der Waals surface area contributed by atoms with Crippen LogP contribution in [0.4, 0.5) is 18.0 Å². The number of amides is 2. The molecule has 1 aliphatic heterocycles. The molecule has 0 saturated carbocycles. The lowest BCUT2D eigenvalue weighted by molar-refractivity contribution is -0.137. The highest BCUT2D eigenvalue weighted by Crippen LogP contribution is 2.29. The van der Waals surface area contributed by atoms with Crippen LogP contribution in [0, 0.1) is 0 Å². The van der Waals surface area contributed by atoms with Gasteiger partial charge in [-0.25, -0.2) is 13.2 Å². The summed E-state index contributed by atoms with van der Waals surface area (Å²) in [5.41, 5.74) is -0.190. The van der Waals surface area contributed by atoms with Crippen LogP contribution in [0.25, 0.3) is 0 Å². The van der Waals surface area contributed by atoms with Gasteiger partial charge in [0.25, 0.3) is 10.0 Å². The number of benzene rings is 1. The zero-order valence-electron chi connectivity index (χ0n) is 16.7. The fourth-order valence-electron chi connectivity index (χ4n) is 2.95. The van der Waals surface area contributed by atoms with E-state index in [0.717, 1.165) is 23.5 Å². The molecular weight excluding hydrogens is 455 g/mol. The largest absolute Gasteiger partial charge is 0.416 e. The van der Waals surface area contributed by atoms with Gasteiger partial charge in [0.05, 0.1) is 25.3 Å². The normalized spacial score (nSPS) is 15.6. The van der Waals surface area contributed by atoms with Gasteiger partial charge in [-0.05, 0) is 29.8 Å². The van der Waals surface area contributed by atoms with Crippen LogP contribution in [0.1, 0.15) is 16.0 Å². The topological polar surface area (TPSA) is 79.0 Å². The molecule has 1 aromatic heterocycles. The Morgan fingerprint density at radius 2 is 1.81 bits per heavy atom. The minimum Gasteiger partial charge on any atom is -0.379 e. The van der Waals surface area contributed by atoms with E-state index in [4.69, 9.17) is 4.74 Å². The number of thiophene rings is 1. The molecule has 2 aromatic rings. The number of halogens is 3. The van der Waals surface area contributed by atoms with Crippen molar-refractivity contribution in [3.8, 4) is 0 Å². The maximum Gasteiger partial charge on any atom is 0.416 e. The van der Waals surface area contributed by atoms with E-state index in [-0.39, 0.29) is 17.3 Å². The van der Waals surface area contributed by atoms with Crippen molar-refractivity contribution >= 4 is 27.4 Å². The average Bonchev–Trinajstić information content (AvgIpc) is 3.22. The van der Waals surface area contributed by atoms with Gasteiger partial charge in [0.1, 0.15) is 4.21 Å². The molecule has 3 rings (SSSR count). The Bertz CT molecular complexity index is 1000. The first kappa shape index (κ1) is 23.5. The Morgan fingerprint density at radius 3 is 2.42 bits per heavy atom. The van der Waals surface area contributed by atoms with Gasteiger partial charge >= 0.3 is 12.2 Å². The van der Waals surface area contributed by atoms with E-state index in [1.54, 1.807) is 6.07 Å². The maximum absolute atomic E-state index is 12.7. The standard InChI is InChI=1S/C19H22F3N3O4S2/c1-24(13-14-2-4-15(5-3-14)19(20,21)22)18(26)23-12-16-6-7-17(30-16)31(27,28)25-8-10-29-11-9-25/h2-7H,8-13H2,1H3,(H,23,26). The van der Waals surface area contributed by atoms with Gasteiger partial charge in [-0.3, -0.25) is 0 Å². The highest BCUT2D eigenvalue weighted by molar-refractivity contribution is 7.91. The summed E-state index contributed by atoms with van der Waals surface area (Å²) in [5, 5.41) is 2.69. The zero-order valence-corrected chi connectivity index (χ0v) is 18.3. The van der Waals surface area contributed by atoms with Gasteiger partial charge in [0.2, 0.25) is 0 Å². The third-order valence-electron chi connectivity index (χ3n) is 4.66. The van der Waals surface area contributed by atoms with E-state index in [2.05, 4.69) is 5.32 Å². The number of ether oxygens (including phenoxy) is 1. The van der Waals surface area contributed by atoms with Crippen LogP contribution < -0.4 is 5.32 Å². The maximum atomic E-state index is 12.7. The van der Waals surface area contributed by atoms with Gasteiger partial charge in [0, 0.05) is 31.6 Å². The van der Waals surface area contributed by atoms with E-state index in [0.29, 0.717) is 36.7 Å². The third-order valence-corrected chi connectivity index (χ3v) is 8.11. The number of carbonyl (C=O) groups excluding carboxylic acids is 1. The Balaban J connectivity index is 1.53. The molecule has 0 unspecified atom stereocenters. The van der Waals surface area contributed by atoms with Crippen LogP contribution in [0.2, 0.25) is 0 Å². The summed E-state index contributed by atoms with van der Waals surface area (Å²) in [5.74, 6) is 0. The van der Waals surface area contributed by atoms with Crippen LogP contribution in [0.5, 0.6) is 0 Å². The van der Waals surface area contributed by atoms with Gasteiger partial charge in [-0.15, -0.1) is 11.3 Å². The second kappa shape index (κ2) is 9.55. The van der Waals surface area contributed by atoms with Gasteiger partial charge < -0.3 is 15.0 Å². The molecule has 1 aliphatic rings. The van der Waals surface area contributed by atoms with Gasteiger partial charge in [0.15, 0.2) is 0 Å². The van der Waals surface area contributed by atoms with Crippen molar-refractivity contribution in [1.29, 1.82) is 0 Å². The molecule has 2 amide bonds.